The van der Waals surface area contributed by atoms with Gasteiger partial charge in [-0.3, -0.25) is 9.59 Å². The van der Waals surface area contributed by atoms with Crippen molar-refractivity contribution in [2.45, 2.75) is 5.03 Å². The molecule has 1 rings (SSSR count). The van der Waals surface area contributed by atoms with Gasteiger partial charge in [0, 0.05) is 6.20 Å². The van der Waals surface area contributed by atoms with E-state index in [2.05, 4.69) is 9.72 Å². The molecule has 0 spiro atoms. The van der Waals surface area contributed by atoms with Crippen molar-refractivity contribution in [1.82, 2.24) is 4.98 Å². The summed E-state index contributed by atoms with van der Waals surface area (Å²) in [6.07, 6.45) is 1.31. The highest BCUT2D eigenvalue weighted by atomic mass is 35.5. The third-order valence-electron chi connectivity index (χ3n) is 1.65. The normalized spacial score (nSPS) is 9.88. The number of esters is 1. The maximum Gasteiger partial charge on any atom is 0.316 e. The van der Waals surface area contributed by atoms with Crippen LogP contribution in [0.2, 0.25) is 5.02 Å². The van der Waals surface area contributed by atoms with Crippen molar-refractivity contribution in [3.8, 4) is 0 Å². The molecular formula is C9H9ClN2O3S. The summed E-state index contributed by atoms with van der Waals surface area (Å²) < 4.78 is 4.47. The lowest BCUT2D eigenvalue weighted by Crippen LogP contribution is -2.11. The van der Waals surface area contributed by atoms with Crippen LogP contribution in [0, 0.1) is 0 Å². The number of aromatic nitrogens is 1. The van der Waals surface area contributed by atoms with Crippen LogP contribution in [0.3, 0.4) is 0 Å². The van der Waals surface area contributed by atoms with E-state index in [1.807, 2.05) is 0 Å². The van der Waals surface area contributed by atoms with Crippen molar-refractivity contribution >= 4 is 35.2 Å². The Hall–Kier alpha value is -1.27. The maximum atomic E-state index is 10.9. The smallest absolute Gasteiger partial charge is 0.316 e. The van der Waals surface area contributed by atoms with Gasteiger partial charge in [-0.1, -0.05) is 23.4 Å². The quantitative estimate of drug-likeness (QED) is 0.647. The molecule has 0 atom stereocenters. The molecule has 0 bridgehead atoms. The highest BCUT2D eigenvalue weighted by Gasteiger charge is 2.09. The Morgan fingerprint density at radius 2 is 2.31 bits per heavy atom. The molecule has 1 amide bonds. The summed E-state index contributed by atoms with van der Waals surface area (Å²) in [5.74, 6) is -0.861. The number of primary amides is 1. The lowest BCUT2D eigenvalue weighted by Gasteiger charge is -2.03. The molecule has 0 fully saturated rings. The van der Waals surface area contributed by atoms with Crippen molar-refractivity contribution in [3.63, 3.8) is 0 Å². The summed E-state index contributed by atoms with van der Waals surface area (Å²) in [6, 6.07) is 1.41. The first kappa shape index (κ1) is 12.8. The van der Waals surface area contributed by atoms with Crippen molar-refractivity contribution in [1.29, 1.82) is 0 Å². The molecule has 5 nitrogen and oxygen atoms in total. The van der Waals surface area contributed by atoms with E-state index in [1.54, 1.807) is 0 Å². The van der Waals surface area contributed by atoms with Crippen LogP contribution in [0.4, 0.5) is 0 Å². The summed E-state index contributed by atoms with van der Waals surface area (Å²) in [6.45, 7) is 0. The van der Waals surface area contributed by atoms with Gasteiger partial charge in [-0.15, -0.1) is 0 Å². The van der Waals surface area contributed by atoms with E-state index in [0.29, 0.717) is 5.03 Å². The molecule has 0 saturated heterocycles. The lowest BCUT2D eigenvalue weighted by atomic mass is 10.3. The number of methoxy groups -OCH3 is 1. The molecule has 0 aromatic carbocycles. The number of carbonyl (C=O) groups excluding carboxylic acids is 2. The average molecular weight is 261 g/mol. The predicted molar refractivity (Wildman–Crippen MR) is 60.5 cm³/mol. The topological polar surface area (TPSA) is 82.3 Å². The Balaban J connectivity index is 2.75. The first-order chi connectivity index (χ1) is 7.54. The van der Waals surface area contributed by atoms with Gasteiger partial charge in [0.1, 0.15) is 5.03 Å². The minimum Gasteiger partial charge on any atom is -0.468 e. The number of carbonyl (C=O) groups is 2. The first-order valence-electron chi connectivity index (χ1n) is 4.19. The predicted octanol–water partition coefficient (Wildman–Crippen LogP) is 1.10. The zero-order chi connectivity index (χ0) is 12.1. The minimum absolute atomic E-state index is 0.110. The molecule has 2 N–H and O–H groups in total. The molecule has 1 heterocycles. The van der Waals surface area contributed by atoms with Gasteiger partial charge in [0.2, 0.25) is 5.91 Å². The number of rotatable bonds is 4. The van der Waals surface area contributed by atoms with Crippen molar-refractivity contribution in [2.75, 3.05) is 12.9 Å². The second kappa shape index (κ2) is 5.72. The number of amides is 1. The van der Waals surface area contributed by atoms with E-state index in [0.717, 1.165) is 11.8 Å². The van der Waals surface area contributed by atoms with Gasteiger partial charge in [0.25, 0.3) is 0 Å². The van der Waals surface area contributed by atoms with Crippen LogP contribution < -0.4 is 5.73 Å². The lowest BCUT2D eigenvalue weighted by molar-refractivity contribution is -0.137. The molecule has 0 aliphatic heterocycles. The third kappa shape index (κ3) is 3.39. The van der Waals surface area contributed by atoms with Gasteiger partial charge >= 0.3 is 5.97 Å². The molecule has 86 valence electrons. The molecule has 0 saturated carbocycles. The van der Waals surface area contributed by atoms with Crippen molar-refractivity contribution in [3.05, 3.63) is 22.8 Å². The number of nitrogens with zero attached hydrogens (tertiary/aromatic N) is 1. The monoisotopic (exact) mass is 260 g/mol. The summed E-state index contributed by atoms with van der Waals surface area (Å²) in [5, 5.41) is 0.738. The van der Waals surface area contributed by atoms with Crippen molar-refractivity contribution < 1.29 is 14.3 Å². The molecule has 16 heavy (non-hydrogen) atoms. The van der Waals surface area contributed by atoms with E-state index in [1.165, 1.54) is 19.4 Å². The van der Waals surface area contributed by atoms with E-state index in [4.69, 9.17) is 17.3 Å². The zero-order valence-electron chi connectivity index (χ0n) is 8.40. The number of hydrogen-bond donors (Lipinski definition) is 1. The van der Waals surface area contributed by atoms with Crippen LogP contribution >= 0.6 is 23.4 Å². The Kier molecular flexibility index (Phi) is 4.57. The Morgan fingerprint density at radius 3 is 2.81 bits per heavy atom. The Labute approximate surface area is 101 Å². The first-order valence-corrected chi connectivity index (χ1v) is 5.56. The average Bonchev–Trinajstić information content (AvgIpc) is 2.26. The number of nitrogens with two attached hydrogens (primary N) is 1. The zero-order valence-corrected chi connectivity index (χ0v) is 9.97. The SMILES string of the molecule is COC(=O)CSc1ncc(C(N)=O)cc1Cl. The number of halogens is 1. The van der Waals surface area contributed by atoms with Gasteiger partial charge in [-0.05, 0) is 6.07 Å². The number of thioether (sulfide) groups is 1. The van der Waals surface area contributed by atoms with Gasteiger partial charge in [0.05, 0.1) is 23.4 Å². The van der Waals surface area contributed by atoms with Crippen LogP contribution in [0.15, 0.2) is 17.3 Å². The van der Waals surface area contributed by atoms with Gasteiger partial charge in [-0.2, -0.15) is 0 Å². The Bertz CT molecular complexity index is 425. The van der Waals surface area contributed by atoms with Crippen LogP contribution in [0.25, 0.3) is 0 Å². The van der Waals surface area contributed by atoms with E-state index < -0.39 is 5.91 Å². The van der Waals surface area contributed by atoms with E-state index in [9.17, 15) is 9.59 Å². The summed E-state index contributed by atoms with van der Waals surface area (Å²) in [4.78, 5) is 25.6. The molecule has 0 aliphatic rings. The summed E-state index contributed by atoms with van der Waals surface area (Å²) >= 11 is 6.99. The number of hydrogen-bond acceptors (Lipinski definition) is 5. The van der Waals surface area contributed by atoms with Crippen LogP contribution in [-0.4, -0.2) is 29.7 Å². The summed E-state index contributed by atoms with van der Waals surface area (Å²) in [5.41, 5.74) is 5.29. The molecule has 1 aromatic rings. The van der Waals surface area contributed by atoms with Crippen LogP contribution in [-0.2, 0) is 9.53 Å². The van der Waals surface area contributed by atoms with E-state index in [-0.39, 0.29) is 22.3 Å². The minimum atomic E-state index is -0.598. The largest absolute Gasteiger partial charge is 0.468 e. The summed E-state index contributed by atoms with van der Waals surface area (Å²) in [7, 11) is 1.30. The molecule has 7 heteroatoms. The molecule has 0 aliphatic carbocycles. The van der Waals surface area contributed by atoms with Crippen LogP contribution in [0.1, 0.15) is 10.4 Å². The molecular weight excluding hydrogens is 252 g/mol. The second-order valence-electron chi connectivity index (χ2n) is 2.74. The van der Waals surface area contributed by atoms with Gasteiger partial charge in [0.15, 0.2) is 0 Å². The molecule has 0 unspecified atom stereocenters. The van der Waals surface area contributed by atoms with Crippen molar-refractivity contribution in [2.24, 2.45) is 5.73 Å². The number of pyridine rings is 1. The standard InChI is InChI=1S/C9H9ClN2O3S/c1-15-7(13)4-16-9-6(10)2-5(3-12-9)8(11)14/h2-3H,4H2,1H3,(H2,11,14). The fraction of sp³-hybridized carbons (Fsp3) is 0.222. The Morgan fingerprint density at radius 1 is 1.62 bits per heavy atom. The fourth-order valence-electron chi connectivity index (χ4n) is 0.853. The fourth-order valence-corrected chi connectivity index (χ4v) is 1.88. The second-order valence-corrected chi connectivity index (χ2v) is 4.11. The van der Waals surface area contributed by atoms with Gasteiger partial charge in [-0.25, -0.2) is 4.98 Å². The number of ether oxygens (including phenoxy) is 1. The molecule has 1 aromatic heterocycles. The van der Waals surface area contributed by atoms with Crippen LogP contribution in [0.5, 0.6) is 0 Å². The highest BCUT2D eigenvalue weighted by molar-refractivity contribution is 8.00. The third-order valence-corrected chi connectivity index (χ3v) is 3.03. The highest BCUT2D eigenvalue weighted by Crippen LogP contribution is 2.25. The molecule has 0 radical (unpaired) electrons. The maximum absolute atomic E-state index is 10.9. The van der Waals surface area contributed by atoms with E-state index >= 15 is 0 Å². The van der Waals surface area contributed by atoms with Gasteiger partial charge < -0.3 is 10.5 Å².